The van der Waals surface area contributed by atoms with Gasteiger partial charge in [-0.2, -0.15) is 0 Å². The molecule has 0 aromatic rings. The third kappa shape index (κ3) is 26.1. The van der Waals surface area contributed by atoms with Gasteiger partial charge in [-0.05, 0) is 63.7 Å². The molecule has 1 aliphatic rings. The summed E-state index contributed by atoms with van der Waals surface area (Å²) in [5.41, 5.74) is 11.0. The molecule has 0 aromatic heterocycles. The number of guanidine groups is 1. The zero-order chi connectivity index (χ0) is 60.6. The summed E-state index contributed by atoms with van der Waals surface area (Å²) >= 11 is 0. The lowest BCUT2D eigenvalue weighted by Crippen LogP contribution is -2.63. The first-order valence-electron chi connectivity index (χ1n) is 27.8. The lowest BCUT2D eigenvalue weighted by molar-refractivity contribution is -0.142. The van der Waals surface area contributed by atoms with Gasteiger partial charge in [-0.3, -0.25) is 57.7 Å². The number of carbonyl (C=O) groups is 11. The van der Waals surface area contributed by atoms with Gasteiger partial charge >= 0.3 is 0 Å². The second-order valence-corrected chi connectivity index (χ2v) is 20.4. The summed E-state index contributed by atoms with van der Waals surface area (Å²) in [4.78, 5) is 153. The van der Waals surface area contributed by atoms with Crippen molar-refractivity contribution in [2.45, 2.75) is 169 Å². The van der Waals surface area contributed by atoms with Crippen molar-refractivity contribution in [1.82, 2.24) is 57.7 Å². The molecule has 0 spiro atoms. The van der Waals surface area contributed by atoms with Crippen molar-refractivity contribution in [2.24, 2.45) is 34.2 Å². The second kappa shape index (κ2) is 38.1. The Morgan fingerprint density at radius 1 is 0.675 bits per heavy atom. The minimum atomic E-state index is -1.65. The monoisotopic (exact) mass is 1140 g/mol. The molecule has 14 N–H and O–H groups in total. The van der Waals surface area contributed by atoms with Gasteiger partial charge in [-0.25, -0.2) is 0 Å². The zero-order valence-corrected chi connectivity index (χ0v) is 48.8. The largest absolute Gasteiger partial charge is 0.391 e. The minimum Gasteiger partial charge on any atom is -0.391 e. The first-order valence-corrected chi connectivity index (χ1v) is 27.8. The zero-order valence-electron chi connectivity index (χ0n) is 48.8. The summed E-state index contributed by atoms with van der Waals surface area (Å²) in [7, 11) is 1.37. The molecule has 11 amide bonds. The van der Waals surface area contributed by atoms with Gasteiger partial charge in [-0.1, -0.05) is 67.7 Å². The number of rotatable bonds is 38. The Morgan fingerprint density at radius 2 is 1.24 bits per heavy atom. The molecule has 1 heterocycles. The number of likely N-dealkylation sites (tertiary alicyclic amines) is 1. The van der Waals surface area contributed by atoms with E-state index in [4.69, 9.17) is 20.9 Å². The maximum Gasteiger partial charge on any atom is 0.248 e. The summed E-state index contributed by atoms with van der Waals surface area (Å²) in [6.45, 7) is 16.8. The van der Waals surface area contributed by atoms with E-state index < -0.39 is 132 Å². The predicted molar refractivity (Wildman–Crippen MR) is 296 cm³/mol. The van der Waals surface area contributed by atoms with Crippen molar-refractivity contribution >= 4 is 70.9 Å². The summed E-state index contributed by atoms with van der Waals surface area (Å²) in [5.74, 6) is -8.63. The van der Waals surface area contributed by atoms with Gasteiger partial charge in [0.1, 0.15) is 48.9 Å². The molecule has 1 rings (SSSR count). The van der Waals surface area contributed by atoms with E-state index in [1.807, 2.05) is 6.92 Å². The molecule has 10 atom stereocenters. The molecular formula is C52H94N14O14. The average Bonchev–Trinajstić information content (AvgIpc) is 3.90. The van der Waals surface area contributed by atoms with Gasteiger partial charge in [0.25, 0.3) is 0 Å². The quantitative estimate of drug-likeness (QED) is 0.0164. The van der Waals surface area contributed by atoms with Crippen molar-refractivity contribution in [3.05, 3.63) is 0 Å². The number of aliphatic hydroxyl groups is 1. The summed E-state index contributed by atoms with van der Waals surface area (Å²) in [6.07, 6.45) is 1.10. The van der Waals surface area contributed by atoms with Gasteiger partial charge in [-0.15, -0.1) is 0 Å². The van der Waals surface area contributed by atoms with Crippen LogP contribution in [0.4, 0.5) is 0 Å². The van der Waals surface area contributed by atoms with Crippen LogP contribution in [0.25, 0.3) is 0 Å². The van der Waals surface area contributed by atoms with Crippen molar-refractivity contribution < 1.29 is 67.3 Å². The van der Waals surface area contributed by atoms with E-state index in [1.54, 1.807) is 48.5 Å². The Hall–Kier alpha value is -6.68. The molecule has 1 aliphatic heterocycles. The Morgan fingerprint density at radius 3 is 1.80 bits per heavy atom. The number of aliphatic hydroxyl groups excluding tert-OH is 1. The average molecular weight is 1140 g/mol. The molecule has 28 heteroatoms. The molecule has 1 saturated heterocycles. The van der Waals surface area contributed by atoms with Crippen molar-refractivity contribution in [1.29, 1.82) is 0 Å². The number of ether oxygens (including phenoxy) is 2. The molecule has 0 saturated carbocycles. The number of aliphatic imine (C=N–C) groups is 1. The minimum absolute atomic E-state index is 0.0698. The van der Waals surface area contributed by atoms with Crippen LogP contribution in [0.15, 0.2) is 4.99 Å². The fraction of sp³-hybridized carbons (Fsp3) is 0.769. The van der Waals surface area contributed by atoms with Crippen molar-refractivity contribution in [2.75, 3.05) is 72.7 Å². The SMILES string of the molecule is CCC[C@H](NC(=O)[C@@H](NC(=O)[C@H](NC(=O)[C@@H](NC(=O)CNC(=O)CN(C)C(=O)COCCOCCNC(C)=O)C(C)C)[C@@H](C)CC)[C@@H](C)O)C(=O)N[C@H](C(=O)N[C@@H](CCCN=C(N)N)C(=O)N1CCC[C@H]1C(=O)NCC)[C@@H](C)CC. The molecule has 1 fully saturated rings. The summed E-state index contributed by atoms with van der Waals surface area (Å²) in [6, 6.07) is -8.48. The van der Waals surface area contributed by atoms with Gasteiger partial charge in [0.2, 0.25) is 65.0 Å². The van der Waals surface area contributed by atoms with E-state index in [-0.39, 0.29) is 70.0 Å². The van der Waals surface area contributed by atoms with E-state index in [0.29, 0.717) is 51.7 Å². The van der Waals surface area contributed by atoms with Crippen LogP contribution >= 0.6 is 0 Å². The van der Waals surface area contributed by atoms with Crippen LogP contribution in [-0.4, -0.2) is 207 Å². The number of nitrogens with one attached hydrogen (secondary N) is 9. The number of likely N-dealkylation sites (N-methyl/N-ethyl adjacent to an activating group) is 2. The number of carbonyl (C=O) groups excluding carboxylic acids is 11. The molecule has 0 unspecified atom stereocenters. The highest BCUT2D eigenvalue weighted by Crippen LogP contribution is 2.21. The van der Waals surface area contributed by atoms with Crippen molar-refractivity contribution in [3.8, 4) is 0 Å². The lowest BCUT2D eigenvalue weighted by atomic mass is 9.95. The van der Waals surface area contributed by atoms with Gasteiger partial charge in [0.05, 0.1) is 39.0 Å². The molecule has 0 aromatic carbocycles. The third-order valence-corrected chi connectivity index (χ3v) is 13.3. The highest BCUT2D eigenvalue weighted by molar-refractivity contribution is 5.98. The van der Waals surface area contributed by atoms with Gasteiger partial charge < -0.3 is 83.7 Å². The van der Waals surface area contributed by atoms with Crippen LogP contribution in [0.3, 0.4) is 0 Å². The number of nitrogens with two attached hydrogens (primary N) is 2. The maximum absolute atomic E-state index is 14.2. The molecule has 0 radical (unpaired) electrons. The number of nitrogens with zero attached hydrogens (tertiary/aromatic N) is 3. The normalized spacial score (nSPS) is 16.4. The fourth-order valence-electron chi connectivity index (χ4n) is 8.27. The topological polar surface area (TPSA) is 406 Å². The Labute approximate surface area is 470 Å². The van der Waals surface area contributed by atoms with Crippen LogP contribution < -0.4 is 59.3 Å². The number of hydrogen-bond donors (Lipinski definition) is 12. The predicted octanol–water partition coefficient (Wildman–Crippen LogP) is -3.25. The standard InChI is InChI=1S/C52H94N14O14/c1-12-18-35(45(72)62-42(31(7)13-2)48(75)60-36(19-16-21-57-52(53)54)51(78)66-23-17-20-37(66)46(73)55-15-4)59-50(77)44(33(9)67)64-49(76)43(32(8)14-3)63-47(74)41(30(5)6)61-38(69)27-58-39(70)28-65(11)40(71)29-80-26-25-79-24-22-56-34(10)68/h30-33,35-37,41-44,67H,12-29H2,1-11H3,(H,55,73)(H,56,68)(H,58,70)(H,59,77)(H,60,75)(H,61,69)(H,62,72)(H,63,74)(H,64,76)(H4,53,54,57)/t31-,32-,33+,35-,36-,37-,41-,42-,43+,44-/m0/s1. The van der Waals surface area contributed by atoms with Gasteiger partial charge in [0, 0.05) is 40.2 Å². The molecule has 0 bridgehead atoms. The molecule has 456 valence electrons. The van der Waals surface area contributed by atoms with E-state index in [1.165, 1.54) is 25.8 Å². The summed E-state index contributed by atoms with van der Waals surface area (Å²) < 4.78 is 10.6. The van der Waals surface area contributed by atoms with Crippen LogP contribution in [0, 0.1) is 17.8 Å². The first-order chi connectivity index (χ1) is 37.7. The fourth-order valence-corrected chi connectivity index (χ4v) is 8.27. The molecule has 28 nitrogen and oxygen atoms in total. The smallest absolute Gasteiger partial charge is 0.248 e. The highest BCUT2D eigenvalue weighted by Gasteiger charge is 2.40. The summed E-state index contributed by atoms with van der Waals surface area (Å²) in [5, 5.41) is 34.6. The third-order valence-electron chi connectivity index (χ3n) is 13.3. The van der Waals surface area contributed by atoms with E-state index >= 15 is 0 Å². The molecular weight excluding hydrogens is 1040 g/mol. The van der Waals surface area contributed by atoms with E-state index in [0.717, 1.165) is 4.90 Å². The molecule has 0 aliphatic carbocycles. The Kier molecular flexibility index (Phi) is 33.9. The van der Waals surface area contributed by atoms with Crippen molar-refractivity contribution in [3.63, 3.8) is 0 Å². The first kappa shape index (κ1) is 71.3. The second-order valence-electron chi connectivity index (χ2n) is 20.4. The van der Waals surface area contributed by atoms with Crippen LogP contribution in [-0.2, 0) is 62.2 Å². The Bertz CT molecular complexity index is 2080. The highest BCUT2D eigenvalue weighted by atomic mass is 16.5. The number of hydrogen-bond acceptors (Lipinski definition) is 15. The number of amides is 11. The molecule has 80 heavy (non-hydrogen) atoms. The lowest BCUT2D eigenvalue weighted by Gasteiger charge is -2.32. The van der Waals surface area contributed by atoms with Crippen LogP contribution in [0.2, 0.25) is 0 Å². The van der Waals surface area contributed by atoms with Crippen LogP contribution in [0.1, 0.15) is 121 Å². The Balaban J connectivity index is 3.14. The maximum atomic E-state index is 14.2. The van der Waals surface area contributed by atoms with E-state index in [2.05, 4.69) is 52.8 Å². The van der Waals surface area contributed by atoms with E-state index in [9.17, 15) is 57.8 Å². The van der Waals surface area contributed by atoms with Crippen LogP contribution in [0.5, 0.6) is 0 Å². The van der Waals surface area contributed by atoms with Gasteiger partial charge in [0.15, 0.2) is 5.96 Å².